The van der Waals surface area contributed by atoms with E-state index in [4.69, 9.17) is 4.74 Å². The number of quaternary nitrogens is 1. The van der Waals surface area contributed by atoms with Crippen LogP contribution in [0.3, 0.4) is 0 Å². The second-order valence-corrected chi connectivity index (χ2v) is 4.54. The van der Waals surface area contributed by atoms with Crippen molar-refractivity contribution in [3.63, 3.8) is 0 Å². The van der Waals surface area contributed by atoms with Crippen molar-refractivity contribution in [3.05, 3.63) is 6.07 Å². The Kier molecular flexibility index (Phi) is 5.34. The number of methoxy groups -OCH3 is 1. The normalized spacial score (nSPS) is 10.7. The zero-order chi connectivity index (χ0) is 10.8. The zero-order valence-corrected chi connectivity index (χ0v) is 11.2. The van der Waals surface area contributed by atoms with Gasteiger partial charge >= 0.3 is 0 Å². The molecule has 0 spiro atoms. The average molecular weight is 250 g/mol. The van der Waals surface area contributed by atoms with Gasteiger partial charge in [0, 0.05) is 0 Å². The quantitative estimate of drug-likeness (QED) is 0.368. The molecule has 1 aromatic rings. The maximum atomic E-state index is 5.12. The van der Waals surface area contributed by atoms with E-state index >= 15 is 0 Å². The summed E-state index contributed by atoms with van der Waals surface area (Å²) in [6.45, 7) is 0. The van der Waals surface area contributed by atoms with Crippen LogP contribution in [0.2, 0.25) is 0 Å². The SMILES string of the molecule is COc1cc([N+](C)(C)C)nc(SC)n1.[Cl-]. The van der Waals surface area contributed by atoms with Crippen molar-refractivity contribution in [3.8, 4) is 5.88 Å². The molecule has 0 aliphatic heterocycles. The molecular weight excluding hydrogens is 234 g/mol. The summed E-state index contributed by atoms with van der Waals surface area (Å²) in [6.07, 6.45) is 1.95. The Balaban J connectivity index is 0.00000196. The summed E-state index contributed by atoms with van der Waals surface area (Å²) < 4.78 is 5.78. The van der Waals surface area contributed by atoms with Gasteiger partial charge in [-0.15, -0.1) is 0 Å². The van der Waals surface area contributed by atoms with Gasteiger partial charge < -0.3 is 17.1 Å². The van der Waals surface area contributed by atoms with Crippen LogP contribution in [0.4, 0.5) is 5.82 Å². The number of thioether (sulfide) groups is 1. The molecule has 4 nitrogen and oxygen atoms in total. The van der Waals surface area contributed by atoms with Gasteiger partial charge in [-0.05, 0) is 6.26 Å². The van der Waals surface area contributed by atoms with E-state index in [-0.39, 0.29) is 12.4 Å². The molecule has 0 amide bonds. The number of rotatable bonds is 3. The molecule has 6 heteroatoms. The molecule has 0 aromatic carbocycles. The molecule has 1 heterocycles. The van der Waals surface area contributed by atoms with Crippen molar-refractivity contribution in [2.45, 2.75) is 5.16 Å². The van der Waals surface area contributed by atoms with Crippen molar-refractivity contribution in [1.82, 2.24) is 14.5 Å². The Labute approximate surface area is 101 Å². The monoisotopic (exact) mass is 249 g/mol. The molecule has 0 unspecified atom stereocenters. The summed E-state index contributed by atoms with van der Waals surface area (Å²) in [5.74, 6) is 1.56. The fraction of sp³-hybridized carbons (Fsp3) is 0.556. The Bertz CT molecular complexity index is 305. The van der Waals surface area contributed by atoms with Crippen LogP contribution in [-0.2, 0) is 0 Å². The van der Waals surface area contributed by atoms with Crippen LogP contribution in [0.25, 0.3) is 0 Å². The summed E-state index contributed by atoms with van der Waals surface area (Å²) in [4.78, 5) is 8.62. The highest BCUT2D eigenvalue weighted by molar-refractivity contribution is 7.98. The third-order valence-corrected chi connectivity index (χ3v) is 2.30. The minimum absolute atomic E-state index is 0. The number of nitrogens with zero attached hydrogens (tertiary/aromatic N) is 3. The molecule has 1 aromatic heterocycles. The standard InChI is InChI=1S/C9H16N3OS.ClH/c1-12(2,3)7-6-8(13-4)11-9(10-7)14-5;/h6H,1-5H3;1H/q+1;/p-1. The Morgan fingerprint density at radius 3 is 2.27 bits per heavy atom. The lowest BCUT2D eigenvalue weighted by molar-refractivity contribution is -0.00000373. The Morgan fingerprint density at radius 2 is 1.87 bits per heavy atom. The van der Waals surface area contributed by atoms with E-state index in [0.717, 1.165) is 11.0 Å². The van der Waals surface area contributed by atoms with Gasteiger partial charge in [0.15, 0.2) is 5.16 Å². The fourth-order valence-corrected chi connectivity index (χ4v) is 1.30. The predicted octanol–water partition coefficient (Wildman–Crippen LogP) is -1.59. The molecule has 0 bridgehead atoms. The van der Waals surface area contributed by atoms with Crippen LogP contribution >= 0.6 is 11.8 Å². The van der Waals surface area contributed by atoms with Gasteiger partial charge in [-0.3, -0.25) is 4.48 Å². The molecule has 0 aliphatic carbocycles. The van der Waals surface area contributed by atoms with Crippen LogP contribution in [0.15, 0.2) is 11.2 Å². The summed E-state index contributed by atoms with van der Waals surface area (Å²) in [5.41, 5.74) is 0. The molecule has 0 N–H and O–H groups in total. The van der Waals surface area contributed by atoms with E-state index in [1.807, 2.05) is 12.3 Å². The molecule has 0 aliphatic rings. The first kappa shape index (κ1) is 14.5. The third kappa shape index (κ3) is 3.85. The maximum absolute atomic E-state index is 5.12. The number of hydrogen-bond acceptors (Lipinski definition) is 4. The zero-order valence-electron chi connectivity index (χ0n) is 9.61. The molecule has 0 saturated heterocycles. The summed E-state index contributed by atoms with van der Waals surface area (Å²) in [5, 5.41) is 0.743. The molecular formula is C9H16ClN3OS. The highest BCUT2D eigenvalue weighted by Crippen LogP contribution is 2.22. The molecule has 15 heavy (non-hydrogen) atoms. The van der Waals surface area contributed by atoms with Crippen LogP contribution in [0.1, 0.15) is 0 Å². The second kappa shape index (κ2) is 5.53. The van der Waals surface area contributed by atoms with E-state index in [1.54, 1.807) is 7.11 Å². The number of hydrogen-bond donors (Lipinski definition) is 0. The topological polar surface area (TPSA) is 35.0 Å². The predicted molar refractivity (Wildman–Crippen MR) is 59.9 cm³/mol. The largest absolute Gasteiger partial charge is 1.00 e. The van der Waals surface area contributed by atoms with Crippen LogP contribution in [0, 0.1) is 0 Å². The fourth-order valence-electron chi connectivity index (χ4n) is 0.932. The van der Waals surface area contributed by atoms with Gasteiger partial charge in [0.25, 0.3) is 0 Å². The molecule has 1 rings (SSSR count). The minimum atomic E-state index is 0. The average Bonchev–Trinajstić information content (AvgIpc) is 2.15. The Hall–Kier alpha value is -0.520. The Morgan fingerprint density at radius 1 is 1.27 bits per heavy atom. The van der Waals surface area contributed by atoms with E-state index < -0.39 is 0 Å². The number of ether oxygens (including phenoxy) is 1. The number of aromatic nitrogens is 2. The lowest BCUT2D eigenvalue weighted by atomic mass is 10.5. The minimum Gasteiger partial charge on any atom is -1.00 e. The van der Waals surface area contributed by atoms with Crippen molar-refractivity contribution >= 4 is 17.6 Å². The second-order valence-electron chi connectivity index (χ2n) is 3.77. The van der Waals surface area contributed by atoms with Gasteiger partial charge in [-0.1, -0.05) is 11.8 Å². The van der Waals surface area contributed by atoms with E-state index in [9.17, 15) is 0 Å². The van der Waals surface area contributed by atoms with Crippen LogP contribution in [0.5, 0.6) is 5.88 Å². The molecule has 0 radical (unpaired) electrons. The van der Waals surface area contributed by atoms with Crippen molar-refractivity contribution < 1.29 is 17.1 Å². The first-order chi connectivity index (χ1) is 6.47. The van der Waals surface area contributed by atoms with Crippen molar-refractivity contribution in [2.75, 3.05) is 34.5 Å². The van der Waals surface area contributed by atoms with Gasteiger partial charge in [-0.2, -0.15) is 9.97 Å². The van der Waals surface area contributed by atoms with Gasteiger partial charge in [0.1, 0.15) is 0 Å². The maximum Gasteiger partial charge on any atom is 0.234 e. The number of halogens is 1. The van der Waals surface area contributed by atoms with Crippen LogP contribution < -0.4 is 21.6 Å². The third-order valence-electron chi connectivity index (χ3n) is 1.75. The molecule has 0 fully saturated rings. The lowest BCUT2D eigenvalue weighted by Crippen LogP contribution is -3.00. The van der Waals surface area contributed by atoms with Crippen molar-refractivity contribution in [2.24, 2.45) is 0 Å². The highest BCUT2D eigenvalue weighted by atomic mass is 35.5. The molecule has 86 valence electrons. The van der Waals surface area contributed by atoms with E-state index in [1.165, 1.54) is 11.8 Å². The highest BCUT2D eigenvalue weighted by Gasteiger charge is 2.17. The van der Waals surface area contributed by atoms with Crippen LogP contribution in [-0.4, -0.2) is 44.5 Å². The summed E-state index contributed by atoms with van der Waals surface area (Å²) in [6, 6.07) is 1.86. The smallest absolute Gasteiger partial charge is 0.234 e. The van der Waals surface area contributed by atoms with Gasteiger partial charge in [0.2, 0.25) is 11.7 Å². The summed E-state index contributed by atoms with van der Waals surface area (Å²) >= 11 is 1.52. The lowest BCUT2D eigenvalue weighted by Gasteiger charge is -2.22. The summed E-state index contributed by atoms with van der Waals surface area (Å²) in [7, 11) is 7.80. The first-order valence-corrected chi connectivity index (χ1v) is 5.49. The van der Waals surface area contributed by atoms with Crippen molar-refractivity contribution in [1.29, 1.82) is 0 Å². The van der Waals surface area contributed by atoms with Gasteiger partial charge in [-0.25, -0.2) is 0 Å². The van der Waals surface area contributed by atoms with E-state index in [0.29, 0.717) is 10.4 Å². The van der Waals surface area contributed by atoms with E-state index in [2.05, 4.69) is 31.1 Å². The molecule has 0 saturated carbocycles. The van der Waals surface area contributed by atoms with Gasteiger partial charge in [0.05, 0.1) is 34.3 Å². The molecule has 0 atom stereocenters. The first-order valence-electron chi connectivity index (χ1n) is 4.26.